The minimum absolute atomic E-state index is 0.132. The highest BCUT2D eigenvalue weighted by molar-refractivity contribution is 6.02. The van der Waals surface area contributed by atoms with Crippen LogP contribution in [-0.4, -0.2) is 34.3 Å². The molecule has 3 aliphatic rings. The van der Waals surface area contributed by atoms with E-state index in [9.17, 15) is 9.59 Å². The zero-order valence-corrected chi connectivity index (χ0v) is 12.5. The molecule has 1 aliphatic heterocycles. The van der Waals surface area contributed by atoms with Crippen LogP contribution in [0.25, 0.3) is 0 Å². The van der Waals surface area contributed by atoms with Gasteiger partial charge < -0.3 is 10.2 Å². The van der Waals surface area contributed by atoms with Gasteiger partial charge >= 0.3 is 0 Å². The zero-order valence-electron chi connectivity index (χ0n) is 12.5. The maximum absolute atomic E-state index is 13.1. The van der Waals surface area contributed by atoms with E-state index in [4.69, 9.17) is 0 Å². The Morgan fingerprint density at radius 3 is 2.25 bits per heavy atom. The van der Waals surface area contributed by atoms with Gasteiger partial charge in [-0.1, -0.05) is 39.0 Å². The Bertz CT molecular complexity index is 407. The lowest BCUT2D eigenvalue weighted by Crippen LogP contribution is -2.74. The average molecular weight is 278 g/mol. The average Bonchev–Trinajstić information content (AvgIpc) is 3.08. The Labute approximate surface area is 121 Å². The molecule has 0 aromatic rings. The fraction of sp³-hybridized carbons (Fsp3) is 0.875. The van der Waals surface area contributed by atoms with Crippen LogP contribution in [0.15, 0.2) is 0 Å². The molecule has 1 saturated heterocycles. The molecule has 112 valence electrons. The van der Waals surface area contributed by atoms with Crippen LogP contribution in [0, 0.1) is 0 Å². The van der Waals surface area contributed by atoms with Crippen molar-refractivity contribution in [1.29, 1.82) is 0 Å². The van der Waals surface area contributed by atoms with Gasteiger partial charge in [-0.15, -0.1) is 0 Å². The molecule has 4 heteroatoms. The Morgan fingerprint density at radius 1 is 1.05 bits per heavy atom. The summed E-state index contributed by atoms with van der Waals surface area (Å²) in [5.41, 5.74) is -1.07. The van der Waals surface area contributed by atoms with Crippen molar-refractivity contribution in [3.63, 3.8) is 0 Å². The summed E-state index contributed by atoms with van der Waals surface area (Å²) in [7, 11) is 0. The van der Waals surface area contributed by atoms with Crippen LogP contribution in [0.1, 0.15) is 71.1 Å². The molecule has 2 amide bonds. The molecule has 0 aromatic carbocycles. The first-order chi connectivity index (χ1) is 9.65. The van der Waals surface area contributed by atoms with Crippen LogP contribution in [0.3, 0.4) is 0 Å². The van der Waals surface area contributed by atoms with E-state index < -0.39 is 11.1 Å². The molecule has 2 aliphatic carbocycles. The number of carbonyl (C=O) groups excluding carboxylic acids is 2. The lowest BCUT2D eigenvalue weighted by molar-refractivity contribution is -0.163. The van der Waals surface area contributed by atoms with Crippen LogP contribution in [0.5, 0.6) is 0 Å². The van der Waals surface area contributed by atoms with Gasteiger partial charge in [-0.25, -0.2) is 0 Å². The molecule has 3 fully saturated rings. The van der Waals surface area contributed by atoms with Gasteiger partial charge in [0, 0.05) is 6.54 Å². The molecule has 1 N–H and O–H groups in total. The minimum Gasteiger partial charge on any atom is -0.340 e. The Kier molecular flexibility index (Phi) is 3.51. The van der Waals surface area contributed by atoms with Crippen molar-refractivity contribution in [3.8, 4) is 0 Å². The molecule has 4 nitrogen and oxygen atoms in total. The van der Waals surface area contributed by atoms with E-state index >= 15 is 0 Å². The third kappa shape index (κ3) is 1.87. The topological polar surface area (TPSA) is 49.4 Å². The molecule has 3 rings (SSSR count). The predicted molar refractivity (Wildman–Crippen MR) is 77.2 cm³/mol. The van der Waals surface area contributed by atoms with Gasteiger partial charge in [0.1, 0.15) is 11.1 Å². The molecule has 0 aromatic heterocycles. The first kappa shape index (κ1) is 13.9. The normalized spacial score (nSPS) is 27.6. The number of nitrogens with zero attached hydrogens (tertiary/aromatic N) is 1. The summed E-state index contributed by atoms with van der Waals surface area (Å²) in [4.78, 5) is 27.8. The van der Waals surface area contributed by atoms with Gasteiger partial charge in [0.25, 0.3) is 0 Å². The molecule has 0 atom stereocenters. The smallest absolute Gasteiger partial charge is 0.249 e. The minimum atomic E-state index is -0.557. The Hall–Kier alpha value is -1.06. The monoisotopic (exact) mass is 278 g/mol. The van der Waals surface area contributed by atoms with E-state index in [-0.39, 0.29) is 11.8 Å². The van der Waals surface area contributed by atoms with Gasteiger partial charge in [-0.3, -0.25) is 9.59 Å². The number of amides is 2. The number of nitrogens with one attached hydrogen (secondary N) is 1. The third-order valence-corrected chi connectivity index (χ3v) is 5.57. The molecule has 2 spiro atoms. The second kappa shape index (κ2) is 5.05. The van der Waals surface area contributed by atoms with Crippen molar-refractivity contribution < 1.29 is 9.59 Å². The summed E-state index contributed by atoms with van der Waals surface area (Å²) in [6.07, 6.45) is 9.67. The second-order valence-corrected chi connectivity index (χ2v) is 6.79. The summed E-state index contributed by atoms with van der Waals surface area (Å²) in [5, 5.41) is 3.15. The van der Waals surface area contributed by atoms with E-state index in [0.29, 0.717) is 0 Å². The van der Waals surface area contributed by atoms with Crippen molar-refractivity contribution in [3.05, 3.63) is 0 Å². The summed E-state index contributed by atoms with van der Waals surface area (Å²) in [5.74, 6) is 0.345. The molecule has 2 saturated carbocycles. The Balaban J connectivity index is 1.92. The molecule has 0 bridgehead atoms. The summed E-state index contributed by atoms with van der Waals surface area (Å²) < 4.78 is 0. The SMILES string of the molecule is CCCCN1C(=O)C2(CCCC2)NC(=O)C12CCCC2. The number of hydrogen-bond acceptors (Lipinski definition) is 2. The van der Waals surface area contributed by atoms with Crippen molar-refractivity contribution in [2.45, 2.75) is 82.2 Å². The van der Waals surface area contributed by atoms with Crippen LogP contribution in [-0.2, 0) is 9.59 Å². The van der Waals surface area contributed by atoms with Crippen molar-refractivity contribution in [1.82, 2.24) is 10.2 Å². The van der Waals surface area contributed by atoms with E-state index in [0.717, 1.165) is 70.8 Å². The first-order valence-electron chi connectivity index (χ1n) is 8.29. The molecule has 20 heavy (non-hydrogen) atoms. The highest BCUT2D eigenvalue weighted by Crippen LogP contribution is 2.44. The number of carbonyl (C=O) groups is 2. The second-order valence-electron chi connectivity index (χ2n) is 6.79. The fourth-order valence-electron chi connectivity index (χ4n) is 4.37. The van der Waals surface area contributed by atoms with Crippen LogP contribution >= 0.6 is 0 Å². The van der Waals surface area contributed by atoms with Gasteiger partial charge in [-0.05, 0) is 32.1 Å². The van der Waals surface area contributed by atoms with Gasteiger partial charge in [0.15, 0.2) is 0 Å². The molecule has 0 unspecified atom stereocenters. The van der Waals surface area contributed by atoms with E-state index in [1.165, 1.54) is 0 Å². The third-order valence-electron chi connectivity index (χ3n) is 5.57. The van der Waals surface area contributed by atoms with Crippen LogP contribution in [0.4, 0.5) is 0 Å². The first-order valence-corrected chi connectivity index (χ1v) is 8.29. The summed E-state index contributed by atoms with van der Waals surface area (Å²) in [6, 6.07) is 0. The number of rotatable bonds is 3. The predicted octanol–water partition coefficient (Wildman–Crippen LogP) is 2.37. The van der Waals surface area contributed by atoms with Gasteiger partial charge in [0.05, 0.1) is 0 Å². The molecular weight excluding hydrogens is 252 g/mol. The number of unbranched alkanes of at least 4 members (excludes halogenated alkanes) is 1. The standard InChI is InChI=1S/C16H26N2O2/c1-2-3-12-18-14(20)15(8-4-5-9-15)17-13(19)16(18)10-6-7-11-16/h2-12H2,1H3,(H,17,19). The number of piperazine rings is 1. The maximum atomic E-state index is 13.1. The molecule has 0 radical (unpaired) electrons. The van der Waals surface area contributed by atoms with Crippen LogP contribution in [0.2, 0.25) is 0 Å². The quantitative estimate of drug-likeness (QED) is 0.861. The fourth-order valence-corrected chi connectivity index (χ4v) is 4.37. The van der Waals surface area contributed by atoms with Crippen molar-refractivity contribution >= 4 is 11.8 Å². The largest absolute Gasteiger partial charge is 0.340 e. The van der Waals surface area contributed by atoms with Crippen molar-refractivity contribution in [2.75, 3.05) is 6.54 Å². The summed E-state index contributed by atoms with van der Waals surface area (Å²) >= 11 is 0. The summed E-state index contributed by atoms with van der Waals surface area (Å²) in [6.45, 7) is 2.89. The van der Waals surface area contributed by atoms with E-state index in [1.807, 2.05) is 4.90 Å². The van der Waals surface area contributed by atoms with Gasteiger partial charge in [-0.2, -0.15) is 0 Å². The lowest BCUT2D eigenvalue weighted by atomic mass is 9.82. The van der Waals surface area contributed by atoms with E-state index in [2.05, 4.69) is 12.2 Å². The maximum Gasteiger partial charge on any atom is 0.249 e. The van der Waals surface area contributed by atoms with Gasteiger partial charge in [0.2, 0.25) is 11.8 Å². The molecule has 1 heterocycles. The Morgan fingerprint density at radius 2 is 1.65 bits per heavy atom. The zero-order chi connectivity index (χ0) is 14.2. The molecular formula is C16H26N2O2. The highest BCUT2D eigenvalue weighted by atomic mass is 16.2. The number of hydrogen-bond donors (Lipinski definition) is 1. The van der Waals surface area contributed by atoms with Crippen molar-refractivity contribution in [2.24, 2.45) is 0 Å². The lowest BCUT2D eigenvalue weighted by Gasteiger charge is -2.50. The van der Waals surface area contributed by atoms with Crippen LogP contribution < -0.4 is 5.32 Å². The highest BCUT2D eigenvalue weighted by Gasteiger charge is 2.59. The van der Waals surface area contributed by atoms with E-state index in [1.54, 1.807) is 0 Å².